The first-order chi connectivity index (χ1) is 9.50. The van der Waals surface area contributed by atoms with Gasteiger partial charge in [-0.3, -0.25) is 0 Å². The Labute approximate surface area is 129 Å². The Kier molecular flexibility index (Phi) is 4.10. The number of halogens is 1. The molecule has 1 saturated heterocycles. The van der Waals surface area contributed by atoms with Crippen LogP contribution >= 0.6 is 22.9 Å². The van der Waals surface area contributed by atoms with E-state index in [-0.39, 0.29) is 6.04 Å². The molecule has 2 fully saturated rings. The smallest absolute Gasteiger partial charge is 0.229 e. The number of aryl methyl sites for hydroxylation is 1. The standard InChI is InChI=1S/C13H19ClN2O2S2/c1-9-12(19-13(14)15-9)20(17,18)16-8-4-6-10-5-2-3-7-11(10)16/h10-11H,2-8H2,1H3. The first-order valence-corrected chi connectivity index (χ1v) is 9.78. The van der Waals surface area contributed by atoms with Crippen molar-refractivity contribution in [2.24, 2.45) is 5.92 Å². The van der Waals surface area contributed by atoms with Crippen molar-refractivity contribution in [2.45, 2.75) is 55.7 Å². The Morgan fingerprint density at radius 1 is 1.25 bits per heavy atom. The highest BCUT2D eigenvalue weighted by molar-refractivity contribution is 7.91. The van der Waals surface area contributed by atoms with Crippen LogP contribution in [0.3, 0.4) is 0 Å². The molecule has 0 amide bonds. The summed E-state index contributed by atoms with van der Waals surface area (Å²) in [6.07, 6.45) is 6.66. The van der Waals surface area contributed by atoms with Crippen LogP contribution in [0.4, 0.5) is 0 Å². The fraction of sp³-hybridized carbons (Fsp3) is 0.769. The number of hydrogen-bond donors (Lipinski definition) is 0. The molecule has 2 aliphatic rings. The van der Waals surface area contributed by atoms with Gasteiger partial charge in [-0.25, -0.2) is 13.4 Å². The topological polar surface area (TPSA) is 50.3 Å². The maximum Gasteiger partial charge on any atom is 0.254 e. The molecule has 0 N–H and O–H groups in total. The largest absolute Gasteiger partial charge is 0.254 e. The third-order valence-corrected chi connectivity index (χ3v) is 8.24. The summed E-state index contributed by atoms with van der Waals surface area (Å²) in [5.74, 6) is 0.538. The van der Waals surface area contributed by atoms with Gasteiger partial charge in [-0.05, 0) is 38.5 Å². The van der Waals surface area contributed by atoms with E-state index in [0.717, 1.165) is 30.6 Å². The SMILES string of the molecule is Cc1nc(Cl)sc1S(=O)(=O)N1CCCC2CCCCC21. The highest BCUT2D eigenvalue weighted by atomic mass is 35.5. The van der Waals surface area contributed by atoms with Crippen molar-refractivity contribution in [3.05, 3.63) is 10.2 Å². The Morgan fingerprint density at radius 3 is 2.65 bits per heavy atom. The summed E-state index contributed by atoms with van der Waals surface area (Å²) in [5.41, 5.74) is 0.526. The molecule has 1 aromatic rings. The average molecular weight is 335 g/mol. The van der Waals surface area contributed by atoms with Crippen LogP contribution in [0.5, 0.6) is 0 Å². The van der Waals surface area contributed by atoms with Crippen LogP contribution in [0.1, 0.15) is 44.2 Å². The van der Waals surface area contributed by atoms with Crippen molar-refractivity contribution in [1.29, 1.82) is 0 Å². The van der Waals surface area contributed by atoms with Crippen molar-refractivity contribution in [1.82, 2.24) is 9.29 Å². The molecule has 0 bridgehead atoms. The van der Waals surface area contributed by atoms with Crippen molar-refractivity contribution >= 4 is 33.0 Å². The molecular formula is C13H19ClN2O2S2. The number of rotatable bonds is 2. The van der Waals surface area contributed by atoms with Crippen molar-refractivity contribution in [3.8, 4) is 0 Å². The van der Waals surface area contributed by atoms with Crippen molar-refractivity contribution < 1.29 is 8.42 Å². The number of thiazole rings is 1. The van der Waals surface area contributed by atoms with E-state index in [9.17, 15) is 8.42 Å². The summed E-state index contributed by atoms with van der Waals surface area (Å²) in [6.45, 7) is 2.36. The summed E-state index contributed by atoms with van der Waals surface area (Å²) in [5, 5.41) is 0. The Balaban J connectivity index is 1.95. The predicted molar refractivity (Wildman–Crippen MR) is 80.7 cm³/mol. The fourth-order valence-corrected chi connectivity index (χ4v) is 7.18. The predicted octanol–water partition coefficient (Wildman–Crippen LogP) is 3.45. The van der Waals surface area contributed by atoms with Crippen LogP contribution in [0, 0.1) is 12.8 Å². The van der Waals surface area contributed by atoms with Gasteiger partial charge in [0.15, 0.2) is 8.68 Å². The number of fused-ring (bicyclic) bond motifs is 1. The number of sulfonamides is 1. The van der Waals surface area contributed by atoms with Crippen LogP contribution in [0.25, 0.3) is 0 Å². The summed E-state index contributed by atoms with van der Waals surface area (Å²) < 4.78 is 28.2. The van der Waals surface area contributed by atoms with E-state index in [1.165, 1.54) is 19.3 Å². The lowest BCUT2D eigenvalue weighted by atomic mass is 9.79. The Hall–Kier alpha value is -0.170. The maximum atomic E-state index is 12.9. The molecule has 4 nitrogen and oxygen atoms in total. The molecular weight excluding hydrogens is 316 g/mol. The molecule has 3 rings (SSSR count). The molecule has 112 valence electrons. The lowest BCUT2D eigenvalue weighted by Crippen LogP contribution is -2.49. The van der Waals surface area contributed by atoms with Gasteiger partial charge in [-0.2, -0.15) is 4.31 Å². The highest BCUT2D eigenvalue weighted by Gasteiger charge is 2.41. The minimum Gasteiger partial charge on any atom is -0.229 e. The third kappa shape index (κ3) is 2.51. The first kappa shape index (κ1) is 14.8. The Morgan fingerprint density at radius 2 is 1.95 bits per heavy atom. The molecule has 0 radical (unpaired) electrons. The lowest BCUT2D eigenvalue weighted by Gasteiger charge is -2.42. The van der Waals surface area contributed by atoms with E-state index in [1.54, 1.807) is 11.2 Å². The summed E-state index contributed by atoms with van der Waals surface area (Å²) in [4.78, 5) is 4.05. The molecule has 0 spiro atoms. The molecule has 1 aliphatic carbocycles. The maximum absolute atomic E-state index is 12.9. The third-order valence-electron chi connectivity index (χ3n) is 4.46. The summed E-state index contributed by atoms with van der Waals surface area (Å²) >= 11 is 6.95. The monoisotopic (exact) mass is 334 g/mol. The van der Waals surface area contributed by atoms with Gasteiger partial charge < -0.3 is 0 Å². The zero-order valence-electron chi connectivity index (χ0n) is 11.5. The second-order valence-electron chi connectivity index (χ2n) is 5.71. The highest BCUT2D eigenvalue weighted by Crippen LogP contribution is 2.39. The van der Waals surface area contributed by atoms with Gasteiger partial charge in [0.25, 0.3) is 10.0 Å². The minimum atomic E-state index is -3.44. The summed E-state index contributed by atoms with van der Waals surface area (Å²) in [6, 6.07) is 0.183. The molecule has 0 aromatic carbocycles. The van der Waals surface area contributed by atoms with Crippen LogP contribution in [-0.4, -0.2) is 30.3 Å². The second kappa shape index (κ2) is 5.55. The van der Waals surface area contributed by atoms with E-state index in [0.29, 0.717) is 26.8 Å². The van der Waals surface area contributed by atoms with E-state index >= 15 is 0 Å². The van der Waals surface area contributed by atoms with Crippen LogP contribution < -0.4 is 0 Å². The quantitative estimate of drug-likeness (QED) is 0.832. The molecule has 1 saturated carbocycles. The van der Waals surface area contributed by atoms with Crippen LogP contribution in [-0.2, 0) is 10.0 Å². The molecule has 7 heteroatoms. The second-order valence-corrected chi connectivity index (χ2v) is 9.38. The zero-order chi connectivity index (χ0) is 14.3. The van der Waals surface area contributed by atoms with Gasteiger partial charge in [0.2, 0.25) is 0 Å². The Bertz CT molecular complexity index is 598. The van der Waals surface area contributed by atoms with Crippen molar-refractivity contribution in [3.63, 3.8) is 0 Å². The van der Waals surface area contributed by atoms with E-state index < -0.39 is 10.0 Å². The summed E-state index contributed by atoms with van der Waals surface area (Å²) in [7, 11) is -3.44. The minimum absolute atomic E-state index is 0.183. The number of hydrogen-bond acceptors (Lipinski definition) is 4. The molecule has 2 heterocycles. The van der Waals surface area contributed by atoms with Crippen LogP contribution in [0.2, 0.25) is 4.47 Å². The molecule has 2 atom stereocenters. The van der Waals surface area contributed by atoms with Crippen molar-refractivity contribution in [2.75, 3.05) is 6.54 Å². The van der Waals surface area contributed by atoms with Gasteiger partial charge in [0, 0.05) is 12.6 Å². The van der Waals surface area contributed by atoms with E-state index in [2.05, 4.69) is 4.98 Å². The van der Waals surface area contributed by atoms with Gasteiger partial charge in [-0.15, -0.1) is 0 Å². The molecule has 1 aromatic heterocycles. The van der Waals surface area contributed by atoms with E-state index in [4.69, 9.17) is 11.6 Å². The number of aromatic nitrogens is 1. The number of nitrogens with zero attached hydrogens (tertiary/aromatic N) is 2. The molecule has 2 unspecified atom stereocenters. The van der Waals surface area contributed by atoms with Gasteiger partial charge in [0.05, 0.1) is 5.69 Å². The van der Waals surface area contributed by atoms with E-state index in [1.807, 2.05) is 0 Å². The lowest BCUT2D eigenvalue weighted by molar-refractivity contribution is 0.129. The zero-order valence-corrected chi connectivity index (χ0v) is 13.9. The fourth-order valence-electron chi connectivity index (χ4n) is 3.57. The van der Waals surface area contributed by atoms with Gasteiger partial charge >= 0.3 is 0 Å². The molecule has 1 aliphatic heterocycles. The first-order valence-electron chi connectivity index (χ1n) is 7.15. The van der Waals surface area contributed by atoms with Crippen LogP contribution in [0.15, 0.2) is 4.21 Å². The normalized spacial score (nSPS) is 28.3. The number of piperidine rings is 1. The van der Waals surface area contributed by atoms with Gasteiger partial charge in [0.1, 0.15) is 0 Å². The average Bonchev–Trinajstić information content (AvgIpc) is 2.78. The van der Waals surface area contributed by atoms with Gasteiger partial charge in [-0.1, -0.05) is 35.8 Å². The molecule has 20 heavy (non-hydrogen) atoms.